The van der Waals surface area contributed by atoms with E-state index in [2.05, 4.69) is 6.92 Å². The fourth-order valence-corrected chi connectivity index (χ4v) is 3.12. The predicted octanol–water partition coefficient (Wildman–Crippen LogP) is 4.60. The quantitative estimate of drug-likeness (QED) is 0.879. The zero-order chi connectivity index (χ0) is 15.9. The summed E-state index contributed by atoms with van der Waals surface area (Å²) in [4.78, 5) is 11.3. The molecule has 1 aliphatic rings. The van der Waals surface area contributed by atoms with E-state index in [1.807, 2.05) is 13.0 Å². The van der Waals surface area contributed by atoms with Crippen molar-refractivity contribution in [3.8, 4) is 0 Å². The van der Waals surface area contributed by atoms with Crippen LogP contribution >= 0.6 is 0 Å². The highest BCUT2D eigenvalue weighted by Crippen LogP contribution is 2.37. The van der Waals surface area contributed by atoms with Gasteiger partial charge in [0.2, 0.25) is 0 Å². The van der Waals surface area contributed by atoms with Crippen molar-refractivity contribution >= 4 is 11.5 Å². The van der Waals surface area contributed by atoms with E-state index < -0.39 is 5.97 Å². The Bertz CT molecular complexity index is 803. The average Bonchev–Trinajstić information content (AvgIpc) is 2.47. The molecule has 0 bridgehead atoms. The number of rotatable bonds is 2. The van der Waals surface area contributed by atoms with Crippen LogP contribution in [0.15, 0.2) is 42.0 Å². The Hall–Kier alpha value is -2.42. The highest BCUT2D eigenvalue weighted by molar-refractivity contribution is 5.92. The largest absolute Gasteiger partial charge is 0.478 e. The van der Waals surface area contributed by atoms with E-state index in [0.29, 0.717) is 0 Å². The maximum Gasteiger partial charge on any atom is 0.335 e. The second kappa shape index (κ2) is 5.41. The molecule has 0 atom stereocenters. The number of carbonyl (C=O) groups is 1. The number of benzene rings is 2. The van der Waals surface area contributed by atoms with Crippen LogP contribution in [-0.2, 0) is 6.42 Å². The molecule has 0 saturated carbocycles. The maximum absolute atomic E-state index is 13.4. The van der Waals surface area contributed by atoms with Gasteiger partial charge in [0.15, 0.2) is 0 Å². The fourth-order valence-electron chi connectivity index (χ4n) is 3.12. The molecule has 1 N–H and O–H groups in total. The number of halogens is 1. The molecule has 0 radical (unpaired) electrons. The summed E-state index contributed by atoms with van der Waals surface area (Å²) >= 11 is 0. The summed E-state index contributed by atoms with van der Waals surface area (Å²) in [6.07, 6.45) is 1.84. The third kappa shape index (κ3) is 2.43. The normalized spacial score (nSPS) is 14.0. The molecule has 0 amide bonds. The van der Waals surface area contributed by atoms with Crippen LogP contribution in [0.1, 0.15) is 46.0 Å². The summed E-state index contributed by atoms with van der Waals surface area (Å²) in [5.74, 6) is -1.18. The van der Waals surface area contributed by atoms with Gasteiger partial charge in [0.1, 0.15) is 5.82 Å². The summed E-state index contributed by atoms with van der Waals surface area (Å²) < 4.78 is 13.4. The number of carboxylic acids is 1. The first-order valence-corrected chi connectivity index (χ1v) is 7.30. The lowest BCUT2D eigenvalue weighted by Crippen LogP contribution is -2.08. The summed E-state index contributed by atoms with van der Waals surface area (Å²) in [7, 11) is 0. The second-order valence-electron chi connectivity index (χ2n) is 5.79. The van der Waals surface area contributed by atoms with Crippen LogP contribution in [0.5, 0.6) is 0 Å². The molecule has 3 rings (SSSR count). The van der Waals surface area contributed by atoms with E-state index in [4.69, 9.17) is 0 Å². The van der Waals surface area contributed by atoms with Gasteiger partial charge in [-0.3, -0.25) is 0 Å². The van der Waals surface area contributed by atoms with Crippen molar-refractivity contribution in [3.63, 3.8) is 0 Å². The van der Waals surface area contributed by atoms with Crippen LogP contribution in [0, 0.1) is 12.7 Å². The lowest BCUT2D eigenvalue weighted by molar-refractivity contribution is 0.0697. The molecule has 22 heavy (non-hydrogen) atoms. The van der Waals surface area contributed by atoms with Gasteiger partial charge in [-0.25, -0.2) is 9.18 Å². The van der Waals surface area contributed by atoms with Crippen LogP contribution in [-0.4, -0.2) is 11.1 Å². The number of aryl methyl sites for hydroxylation is 2. The molecule has 2 aromatic carbocycles. The van der Waals surface area contributed by atoms with Gasteiger partial charge in [0, 0.05) is 0 Å². The monoisotopic (exact) mass is 296 g/mol. The van der Waals surface area contributed by atoms with E-state index in [0.717, 1.165) is 40.7 Å². The number of hydrogen-bond acceptors (Lipinski definition) is 1. The molecular formula is C19H17FO2. The molecule has 0 spiro atoms. The first kappa shape index (κ1) is 14.5. The number of fused-ring (bicyclic) bond motifs is 1. The van der Waals surface area contributed by atoms with E-state index in [1.165, 1.54) is 17.7 Å². The molecule has 0 unspecified atom stereocenters. The van der Waals surface area contributed by atoms with Gasteiger partial charge in [0.05, 0.1) is 5.56 Å². The topological polar surface area (TPSA) is 37.3 Å². The van der Waals surface area contributed by atoms with Crippen molar-refractivity contribution < 1.29 is 14.3 Å². The molecule has 2 aromatic rings. The second-order valence-corrected chi connectivity index (χ2v) is 5.79. The van der Waals surface area contributed by atoms with Crippen molar-refractivity contribution in [2.45, 2.75) is 26.7 Å². The van der Waals surface area contributed by atoms with Crippen LogP contribution < -0.4 is 0 Å². The van der Waals surface area contributed by atoms with Crippen molar-refractivity contribution in [1.82, 2.24) is 0 Å². The Morgan fingerprint density at radius 3 is 2.50 bits per heavy atom. The SMILES string of the molecule is CC1=C(c2ccc(F)cc2C)c2cc(C(=O)O)ccc2CC1. The lowest BCUT2D eigenvalue weighted by atomic mass is 9.81. The van der Waals surface area contributed by atoms with Crippen molar-refractivity contribution in [3.05, 3.63) is 75.6 Å². The highest BCUT2D eigenvalue weighted by Gasteiger charge is 2.21. The predicted molar refractivity (Wildman–Crippen MR) is 84.6 cm³/mol. The Morgan fingerprint density at radius 2 is 1.82 bits per heavy atom. The molecule has 112 valence electrons. The zero-order valence-corrected chi connectivity index (χ0v) is 12.6. The minimum Gasteiger partial charge on any atom is -0.478 e. The van der Waals surface area contributed by atoms with E-state index in [1.54, 1.807) is 18.2 Å². The first-order chi connectivity index (χ1) is 10.5. The fraction of sp³-hybridized carbons (Fsp3) is 0.211. The van der Waals surface area contributed by atoms with Gasteiger partial charge in [-0.2, -0.15) is 0 Å². The molecule has 0 heterocycles. The minimum atomic E-state index is -0.929. The lowest BCUT2D eigenvalue weighted by Gasteiger charge is -2.23. The molecule has 0 aliphatic heterocycles. The first-order valence-electron chi connectivity index (χ1n) is 7.30. The average molecular weight is 296 g/mol. The molecule has 2 nitrogen and oxygen atoms in total. The van der Waals surface area contributed by atoms with Crippen molar-refractivity contribution in [2.75, 3.05) is 0 Å². The smallest absolute Gasteiger partial charge is 0.335 e. The van der Waals surface area contributed by atoms with Crippen LogP contribution in [0.4, 0.5) is 4.39 Å². The molecule has 1 aliphatic carbocycles. The van der Waals surface area contributed by atoms with E-state index >= 15 is 0 Å². The molecule has 0 saturated heterocycles. The zero-order valence-electron chi connectivity index (χ0n) is 12.6. The highest BCUT2D eigenvalue weighted by atomic mass is 19.1. The summed E-state index contributed by atoms with van der Waals surface area (Å²) in [5, 5.41) is 9.23. The van der Waals surface area contributed by atoms with Crippen molar-refractivity contribution in [2.24, 2.45) is 0 Å². The molecular weight excluding hydrogens is 279 g/mol. The van der Waals surface area contributed by atoms with Gasteiger partial charge < -0.3 is 5.11 Å². The number of carboxylic acid groups (broad SMARTS) is 1. The number of hydrogen-bond donors (Lipinski definition) is 1. The summed E-state index contributed by atoms with van der Waals surface area (Å²) in [5.41, 5.74) is 6.48. The van der Waals surface area contributed by atoms with Gasteiger partial charge in [0.25, 0.3) is 0 Å². The third-order valence-electron chi connectivity index (χ3n) is 4.28. The van der Waals surface area contributed by atoms with Gasteiger partial charge in [-0.05, 0) is 78.8 Å². The molecule has 0 fully saturated rings. The number of allylic oxidation sites excluding steroid dienone is 1. The molecule has 0 aromatic heterocycles. The Morgan fingerprint density at radius 1 is 1.05 bits per heavy atom. The van der Waals surface area contributed by atoms with E-state index in [-0.39, 0.29) is 11.4 Å². The maximum atomic E-state index is 13.4. The van der Waals surface area contributed by atoms with Crippen LogP contribution in [0.25, 0.3) is 5.57 Å². The van der Waals surface area contributed by atoms with Crippen LogP contribution in [0.2, 0.25) is 0 Å². The van der Waals surface area contributed by atoms with Gasteiger partial charge in [-0.1, -0.05) is 17.7 Å². The summed E-state index contributed by atoms with van der Waals surface area (Å²) in [6.45, 7) is 3.95. The van der Waals surface area contributed by atoms with Crippen LogP contribution in [0.3, 0.4) is 0 Å². The minimum absolute atomic E-state index is 0.255. The Labute approximate surface area is 128 Å². The number of aromatic carboxylic acids is 1. The Kier molecular flexibility index (Phi) is 3.57. The van der Waals surface area contributed by atoms with E-state index in [9.17, 15) is 14.3 Å². The standard InChI is InChI=1S/C19H17FO2/c1-11-3-4-13-5-6-14(19(21)22)10-17(13)18(11)16-8-7-15(20)9-12(16)2/h5-10H,3-4H2,1-2H3,(H,21,22). The molecule has 3 heteroatoms. The third-order valence-corrected chi connectivity index (χ3v) is 4.28. The Balaban J connectivity index is 2.23. The van der Waals surface area contributed by atoms with Gasteiger partial charge in [-0.15, -0.1) is 0 Å². The van der Waals surface area contributed by atoms with Gasteiger partial charge >= 0.3 is 5.97 Å². The van der Waals surface area contributed by atoms with Crippen molar-refractivity contribution in [1.29, 1.82) is 0 Å². The summed E-state index contributed by atoms with van der Waals surface area (Å²) in [6, 6.07) is 10.0.